The van der Waals surface area contributed by atoms with Crippen LogP contribution in [0.1, 0.15) is 341 Å². The van der Waals surface area contributed by atoms with Crippen LogP contribution in [0.4, 0.5) is 0 Å². The van der Waals surface area contributed by atoms with Crippen LogP contribution in [0, 0.1) is 0 Å². The van der Waals surface area contributed by atoms with Crippen LogP contribution in [0.15, 0.2) is 12.2 Å². The van der Waals surface area contributed by atoms with E-state index in [1.165, 1.54) is 289 Å². The second-order valence-corrected chi connectivity index (χ2v) is 25.3. The van der Waals surface area contributed by atoms with E-state index in [4.69, 9.17) is 9.05 Å². The lowest BCUT2D eigenvalue weighted by molar-refractivity contribution is -0.870. The molecule has 3 N–H and O–H groups in total. The molecule has 8 nitrogen and oxygen atoms in total. The third-order valence-corrected chi connectivity index (χ3v) is 16.2. The van der Waals surface area contributed by atoms with Crippen molar-refractivity contribution in [3.63, 3.8) is 0 Å². The van der Waals surface area contributed by atoms with Crippen molar-refractivity contribution in [2.75, 3.05) is 40.9 Å². The molecule has 0 aliphatic heterocycles. The summed E-state index contributed by atoms with van der Waals surface area (Å²) in [6.07, 6.45) is 70.5. The standard InChI is InChI=1S/C64H129N2O6P/c1-6-8-10-12-14-16-18-20-22-24-26-28-30-32-34-36-38-40-42-44-46-48-50-52-54-56-58-64(68)65-62(61-72-73(69,70)71-60-59-66(3,4)5)63(67)57-55-53-51-49-47-45-43-41-39-37-35-33-31-29-27-25-23-21-19-17-15-13-11-9-7-2/h55,57,62-63,67H,6-54,56,58-61H2,1-5H3,(H-,65,68,69,70)/p+1/b57-55+. The number of hydrogen-bond acceptors (Lipinski definition) is 5. The summed E-state index contributed by atoms with van der Waals surface area (Å²) in [5, 5.41) is 14.0. The lowest BCUT2D eigenvalue weighted by atomic mass is 10.0. The molecule has 3 unspecified atom stereocenters. The Hall–Kier alpha value is -0.760. The monoisotopic (exact) mass is 1050 g/mol. The first kappa shape index (κ1) is 72.2. The van der Waals surface area contributed by atoms with Gasteiger partial charge in [0.15, 0.2) is 0 Å². The van der Waals surface area contributed by atoms with E-state index in [1.807, 2.05) is 27.2 Å². The van der Waals surface area contributed by atoms with Crippen LogP contribution >= 0.6 is 7.82 Å². The van der Waals surface area contributed by atoms with E-state index in [-0.39, 0.29) is 19.1 Å². The Morgan fingerprint density at radius 2 is 0.726 bits per heavy atom. The second kappa shape index (κ2) is 56.0. The van der Waals surface area contributed by atoms with E-state index >= 15 is 0 Å². The molecule has 1 amide bonds. The number of nitrogens with zero attached hydrogens (tertiary/aromatic N) is 1. The normalized spacial score (nSPS) is 13.8. The maximum atomic E-state index is 13.0. The van der Waals surface area contributed by atoms with Gasteiger partial charge in [-0.05, 0) is 19.3 Å². The zero-order valence-electron chi connectivity index (χ0n) is 49.9. The van der Waals surface area contributed by atoms with E-state index < -0.39 is 20.0 Å². The molecule has 0 aromatic carbocycles. The van der Waals surface area contributed by atoms with Crippen molar-refractivity contribution in [2.24, 2.45) is 0 Å². The summed E-state index contributed by atoms with van der Waals surface area (Å²) in [5.74, 6) is -0.168. The Labute approximate surface area is 456 Å². The Balaban J connectivity index is 4.09. The molecule has 9 heteroatoms. The summed E-state index contributed by atoms with van der Waals surface area (Å²) in [5.41, 5.74) is 0. The topological polar surface area (TPSA) is 105 Å². The smallest absolute Gasteiger partial charge is 0.387 e. The predicted molar refractivity (Wildman–Crippen MR) is 319 cm³/mol. The van der Waals surface area contributed by atoms with E-state index in [1.54, 1.807) is 6.08 Å². The van der Waals surface area contributed by atoms with Gasteiger partial charge in [-0.1, -0.05) is 328 Å². The molecule has 0 saturated heterocycles. The van der Waals surface area contributed by atoms with Gasteiger partial charge in [0.2, 0.25) is 5.91 Å². The highest BCUT2D eigenvalue weighted by molar-refractivity contribution is 7.47. The maximum Gasteiger partial charge on any atom is 0.472 e. The quantitative estimate of drug-likeness (QED) is 0.0243. The number of hydrogen-bond donors (Lipinski definition) is 3. The number of allylic oxidation sites excluding steroid dienone is 1. The van der Waals surface area contributed by atoms with Crippen LogP contribution in [0.3, 0.4) is 0 Å². The first-order chi connectivity index (χ1) is 35.5. The average molecular weight is 1050 g/mol. The van der Waals surface area contributed by atoms with Gasteiger partial charge in [-0.3, -0.25) is 13.8 Å². The number of carbonyl (C=O) groups is 1. The molecule has 0 aromatic rings. The SMILES string of the molecule is CCCCCCCCCCCCCCCCCCCCCCCCC/C=C/C(O)C(COP(=O)(O)OCC[N+](C)(C)C)NC(=O)CCCCCCCCCCCCCCCCCCCCCCCCCCCC. The van der Waals surface area contributed by atoms with E-state index in [2.05, 4.69) is 19.2 Å². The largest absolute Gasteiger partial charge is 0.472 e. The van der Waals surface area contributed by atoms with Gasteiger partial charge in [-0.25, -0.2) is 4.57 Å². The van der Waals surface area contributed by atoms with Crippen LogP contribution in [0.25, 0.3) is 0 Å². The number of quaternary nitrogens is 1. The summed E-state index contributed by atoms with van der Waals surface area (Å²) in [6, 6.07) is -0.843. The van der Waals surface area contributed by atoms with Crippen LogP contribution in [0.5, 0.6) is 0 Å². The van der Waals surface area contributed by atoms with Crippen molar-refractivity contribution in [1.82, 2.24) is 5.32 Å². The van der Waals surface area contributed by atoms with Gasteiger partial charge in [0, 0.05) is 6.42 Å². The van der Waals surface area contributed by atoms with Gasteiger partial charge in [-0.15, -0.1) is 0 Å². The number of likely N-dealkylation sites (N-methyl/N-ethyl adjacent to an activating group) is 1. The van der Waals surface area contributed by atoms with Gasteiger partial charge in [0.05, 0.1) is 39.9 Å². The summed E-state index contributed by atoms with van der Waals surface area (Å²) in [7, 11) is 1.59. The van der Waals surface area contributed by atoms with Crippen LogP contribution in [-0.2, 0) is 18.4 Å². The minimum absolute atomic E-state index is 0.0654. The maximum absolute atomic E-state index is 13.0. The molecule has 0 heterocycles. The summed E-state index contributed by atoms with van der Waals surface area (Å²) < 4.78 is 23.8. The highest BCUT2D eigenvalue weighted by Gasteiger charge is 2.28. The summed E-state index contributed by atoms with van der Waals surface area (Å²) in [6.45, 7) is 4.88. The molecule has 0 spiro atoms. The fourth-order valence-corrected chi connectivity index (χ4v) is 10.9. The zero-order valence-corrected chi connectivity index (χ0v) is 50.8. The number of aliphatic hydroxyl groups excluding tert-OH is 1. The predicted octanol–water partition coefficient (Wildman–Crippen LogP) is 20.2. The van der Waals surface area contributed by atoms with Gasteiger partial charge in [-0.2, -0.15) is 0 Å². The van der Waals surface area contributed by atoms with Crippen molar-refractivity contribution < 1.29 is 32.9 Å². The lowest BCUT2D eigenvalue weighted by Crippen LogP contribution is -2.45. The molecule has 0 aliphatic rings. The molecule has 0 bridgehead atoms. The fourth-order valence-electron chi connectivity index (χ4n) is 10.2. The lowest BCUT2D eigenvalue weighted by Gasteiger charge is -2.25. The number of amides is 1. The van der Waals surface area contributed by atoms with Gasteiger partial charge in [0.1, 0.15) is 13.2 Å². The average Bonchev–Trinajstić information content (AvgIpc) is 3.35. The van der Waals surface area contributed by atoms with Gasteiger partial charge < -0.3 is 19.8 Å². The third kappa shape index (κ3) is 58.8. The van der Waals surface area contributed by atoms with E-state index in [0.29, 0.717) is 17.4 Å². The van der Waals surface area contributed by atoms with E-state index in [9.17, 15) is 19.4 Å². The fraction of sp³-hybridized carbons (Fsp3) is 0.953. The number of phosphoric acid groups is 1. The number of phosphoric ester groups is 1. The molecular weight excluding hydrogens is 924 g/mol. The molecule has 0 saturated carbocycles. The molecule has 436 valence electrons. The molecule has 73 heavy (non-hydrogen) atoms. The van der Waals surface area contributed by atoms with E-state index in [0.717, 1.165) is 32.1 Å². The van der Waals surface area contributed by atoms with Crippen LogP contribution in [0.2, 0.25) is 0 Å². The zero-order chi connectivity index (χ0) is 53.5. The molecule has 0 fully saturated rings. The number of nitrogens with one attached hydrogen (secondary N) is 1. The Kier molecular flexibility index (Phi) is 55.4. The first-order valence-electron chi connectivity index (χ1n) is 32.6. The Morgan fingerprint density at radius 1 is 0.452 bits per heavy atom. The van der Waals surface area contributed by atoms with Crippen molar-refractivity contribution in [1.29, 1.82) is 0 Å². The first-order valence-corrected chi connectivity index (χ1v) is 34.1. The minimum Gasteiger partial charge on any atom is -0.387 e. The molecular formula is C64H130N2O6P+. The number of unbranched alkanes of at least 4 members (excludes halogenated alkanes) is 48. The Bertz CT molecular complexity index is 1200. The van der Waals surface area contributed by atoms with Gasteiger partial charge in [0.25, 0.3) is 0 Å². The number of aliphatic hydroxyl groups is 1. The molecule has 3 atom stereocenters. The molecule has 0 radical (unpaired) electrons. The van der Waals surface area contributed by atoms with Gasteiger partial charge >= 0.3 is 7.82 Å². The molecule has 0 rings (SSSR count). The Morgan fingerprint density at radius 3 is 1.01 bits per heavy atom. The van der Waals surface area contributed by atoms with Crippen LogP contribution < -0.4 is 5.32 Å². The van der Waals surface area contributed by atoms with Crippen molar-refractivity contribution in [3.8, 4) is 0 Å². The van der Waals surface area contributed by atoms with Crippen molar-refractivity contribution >= 4 is 13.7 Å². The number of carbonyl (C=O) groups excluding carboxylic acids is 1. The molecule has 0 aromatic heterocycles. The van der Waals surface area contributed by atoms with Crippen LogP contribution in [-0.4, -0.2) is 73.4 Å². The number of rotatable bonds is 61. The summed E-state index contributed by atoms with van der Waals surface area (Å²) >= 11 is 0. The summed E-state index contributed by atoms with van der Waals surface area (Å²) in [4.78, 5) is 23.4. The van der Waals surface area contributed by atoms with Crippen molar-refractivity contribution in [3.05, 3.63) is 12.2 Å². The minimum atomic E-state index is -4.35. The third-order valence-electron chi connectivity index (χ3n) is 15.3. The van der Waals surface area contributed by atoms with Crippen molar-refractivity contribution in [2.45, 2.75) is 353 Å². The second-order valence-electron chi connectivity index (χ2n) is 23.9. The molecule has 0 aliphatic carbocycles. The highest BCUT2D eigenvalue weighted by atomic mass is 31.2. The highest BCUT2D eigenvalue weighted by Crippen LogP contribution is 2.43.